The van der Waals surface area contributed by atoms with Gasteiger partial charge < -0.3 is 15.2 Å². The first kappa shape index (κ1) is 15.4. The number of ether oxygens (including phenoxy) is 1. The number of hydrogen-bond donors (Lipinski definition) is 2. The van der Waals surface area contributed by atoms with Gasteiger partial charge in [0.05, 0.1) is 5.41 Å². The minimum Gasteiger partial charge on any atom is -0.481 e. The molecule has 1 aromatic carbocycles. The van der Waals surface area contributed by atoms with Crippen molar-refractivity contribution in [2.75, 3.05) is 19.8 Å². The van der Waals surface area contributed by atoms with Crippen LogP contribution in [0.1, 0.15) is 28.8 Å². The Morgan fingerprint density at radius 3 is 2.67 bits per heavy atom. The summed E-state index contributed by atoms with van der Waals surface area (Å²) in [5.74, 6) is -1.90. The number of halogens is 1. The van der Waals surface area contributed by atoms with Gasteiger partial charge >= 0.3 is 5.97 Å². The van der Waals surface area contributed by atoms with Crippen molar-refractivity contribution in [1.29, 1.82) is 0 Å². The molecule has 0 unspecified atom stereocenters. The van der Waals surface area contributed by atoms with E-state index in [0.717, 1.165) is 6.07 Å². The van der Waals surface area contributed by atoms with Crippen LogP contribution >= 0.6 is 0 Å². The van der Waals surface area contributed by atoms with E-state index in [4.69, 9.17) is 4.74 Å². The SMILES string of the molecule is Cc1ccc(F)cc1C(=O)NCC1(C(=O)O)CCOCC1. The Labute approximate surface area is 122 Å². The monoisotopic (exact) mass is 295 g/mol. The summed E-state index contributed by atoms with van der Waals surface area (Å²) in [6.45, 7) is 2.44. The molecule has 0 aromatic heterocycles. The van der Waals surface area contributed by atoms with E-state index in [1.54, 1.807) is 6.92 Å². The van der Waals surface area contributed by atoms with Gasteiger partial charge in [0.15, 0.2) is 0 Å². The average Bonchev–Trinajstić information content (AvgIpc) is 2.48. The Morgan fingerprint density at radius 1 is 1.38 bits per heavy atom. The molecule has 0 spiro atoms. The minimum absolute atomic E-state index is 0.0144. The number of aliphatic carboxylic acids is 1. The molecule has 1 heterocycles. The molecule has 0 aliphatic carbocycles. The highest BCUT2D eigenvalue weighted by atomic mass is 19.1. The number of nitrogens with one attached hydrogen (secondary N) is 1. The lowest BCUT2D eigenvalue weighted by molar-refractivity contribution is -0.154. The fourth-order valence-electron chi connectivity index (χ4n) is 2.41. The number of rotatable bonds is 4. The molecule has 114 valence electrons. The summed E-state index contributed by atoms with van der Waals surface area (Å²) in [6, 6.07) is 3.96. The zero-order valence-electron chi connectivity index (χ0n) is 11.8. The number of carbonyl (C=O) groups excluding carboxylic acids is 1. The summed E-state index contributed by atoms with van der Waals surface area (Å²) in [4.78, 5) is 23.6. The van der Waals surface area contributed by atoms with Crippen molar-refractivity contribution in [3.05, 3.63) is 35.1 Å². The molecule has 1 amide bonds. The fraction of sp³-hybridized carbons (Fsp3) is 0.467. The van der Waals surface area contributed by atoms with Crippen molar-refractivity contribution in [2.24, 2.45) is 5.41 Å². The molecule has 1 aliphatic rings. The van der Waals surface area contributed by atoms with Crippen molar-refractivity contribution < 1.29 is 23.8 Å². The van der Waals surface area contributed by atoms with Crippen molar-refractivity contribution in [3.8, 4) is 0 Å². The van der Waals surface area contributed by atoms with E-state index in [9.17, 15) is 19.1 Å². The van der Waals surface area contributed by atoms with Crippen LogP contribution < -0.4 is 5.32 Å². The maximum atomic E-state index is 13.2. The molecule has 0 saturated carbocycles. The zero-order valence-corrected chi connectivity index (χ0v) is 11.8. The second kappa shape index (κ2) is 6.22. The maximum Gasteiger partial charge on any atom is 0.311 e. The normalized spacial score (nSPS) is 17.2. The van der Waals surface area contributed by atoms with Gasteiger partial charge in [-0.05, 0) is 37.5 Å². The summed E-state index contributed by atoms with van der Waals surface area (Å²) in [5, 5.41) is 12.0. The first-order valence-electron chi connectivity index (χ1n) is 6.80. The molecule has 21 heavy (non-hydrogen) atoms. The highest BCUT2D eigenvalue weighted by molar-refractivity contribution is 5.96. The smallest absolute Gasteiger partial charge is 0.311 e. The quantitative estimate of drug-likeness (QED) is 0.887. The van der Waals surface area contributed by atoms with Crippen molar-refractivity contribution in [2.45, 2.75) is 19.8 Å². The van der Waals surface area contributed by atoms with Gasteiger partial charge in [0.1, 0.15) is 5.82 Å². The first-order valence-corrected chi connectivity index (χ1v) is 6.80. The van der Waals surface area contributed by atoms with E-state index in [0.29, 0.717) is 31.6 Å². The Morgan fingerprint density at radius 2 is 2.05 bits per heavy atom. The van der Waals surface area contributed by atoms with E-state index in [2.05, 4.69) is 5.32 Å². The Hall–Kier alpha value is -1.95. The summed E-state index contributed by atoms with van der Waals surface area (Å²) in [6.07, 6.45) is 0.704. The largest absolute Gasteiger partial charge is 0.481 e. The number of hydrogen-bond acceptors (Lipinski definition) is 3. The lowest BCUT2D eigenvalue weighted by Crippen LogP contribution is -2.46. The van der Waals surface area contributed by atoms with Crippen LogP contribution in [0.15, 0.2) is 18.2 Å². The fourth-order valence-corrected chi connectivity index (χ4v) is 2.41. The molecule has 1 fully saturated rings. The molecule has 5 nitrogen and oxygen atoms in total. The molecule has 1 aromatic rings. The number of carboxylic acids is 1. The third kappa shape index (κ3) is 3.39. The molecule has 1 aliphatic heterocycles. The Balaban J connectivity index is 2.08. The highest BCUT2D eigenvalue weighted by Crippen LogP contribution is 2.30. The van der Waals surface area contributed by atoms with Gasteiger partial charge in [-0.1, -0.05) is 6.07 Å². The summed E-state index contributed by atoms with van der Waals surface area (Å²) >= 11 is 0. The Bertz CT molecular complexity index is 553. The standard InChI is InChI=1S/C15H18FNO4/c1-10-2-3-11(16)8-12(10)13(18)17-9-15(14(19)20)4-6-21-7-5-15/h2-3,8H,4-7,9H2,1H3,(H,17,18)(H,19,20). The molecular formula is C15H18FNO4. The zero-order chi connectivity index (χ0) is 15.5. The summed E-state index contributed by atoms with van der Waals surface area (Å²) < 4.78 is 18.4. The number of carbonyl (C=O) groups is 2. The van der Waals surface area contributed by atoms with Crippen LogP contribution in [-0.4, -0.2) is 36.7 Å². The lowest BCUT2D eigenvalue weighted by Gasteiger charge is -2.33. The van der Waals surface area contributed by atoms with E-state index in [1.807, 2.05) is 0 Å². The molecule has 2 rings (SSSR count). The topological polar surface area (TPSA) is 75.6 Å². The van der Waals surface area contributed by atoms with Gasteiger partial charge in [0.25, 0.3) is 5.91 Å². The van der Waals surface area contributed by atoms with Crippen LogP contribution in [0.3, 0.4) is 0 Å². The second-order valence-corrected chi connectivity index (χ2v) is 5.34. The van der Waals surface area contributed by atoms with E-state index < -0.39 is 23.1 Å². The van der Waals surface area contributed by atoms with Gasteiger partial charge in [-0.2, -0.15) is 0 Å². The van der Waals surface area contributed by atoms with Crippen LogP contribution in [0.5, 0.6) is 0 Å². The van der Waals surface area contributed by atoms with Crippen LogP contribution in [0.2, 0.25) is 0 Å². The van der Waals surface area contributed by atoms with Crippen LogP contribution in [0.4, 0.5) is 4.39 Å². The van der Waals surface area contributed by atoms with Gasteiger partial charge in [-0.25, -0.2) is 4.39 Å². The molecule has 0 bridgehead atoms. The average molecular weight is 295 g/mol. The Kier molecular flexibility index (Phi) is 4.57. The summed E-state index contributed by atoms with van der Waals surface area (Å²) in [7, 11) is 0. The number of carboxylic acid groups (broad SMARTS) is 1. The second-order valence-electron chi connectivity index (χ2n) is 5.34. The first-order chi connectivity index (χ1) is 9.94. The van der Waals surface area contributed by atoms with Gasteiger partial charge in [-0.3, -0.25) is 9.59 Å². The van der Waals surface area contributed by atoms with Gasteiger partial charge in [0.2, 0.25) is 0 Å². The molecular weight excluding hydrogens is 277 g/mol. The van der Waals surface area contributed by atoms with Crippen molar-refractivity contribution >= 4 is 11.9 Å². The van der Waals surface area contributed by atoms with E-state index >= 15 is 0 Å². The predicted octanol–water partition coefficient (Wildman–Crippen LogP) is 1.75. The lowest BCUT2D eigenvalue weighted by atomic mass is 9.80. The number of amides is 1. The number of benzene rings is 1. The van der Waals surface area contributed by atoms with E-state index in [-0.39, 0.29) is 12.1 Å². The number of aryl methyl sites for hydroxylation is 1. The molecule has 0 atom stereocenters. The van der Waals surface area contributed by atoms with Crippen LogP contribution in [0.25, 0.3) is 0 Å². The summed E-state index contributed by atoms with van der Waals surface area (Å²) in [5.41, 5.74) is -0.136. The van der Waals surface area contributed by atoms with Gasteiger partial charge in [-0.15, -0.1) is 0 Å². The maximum absolute atomic E-state index is 13.2. The third-order valence-electron chi connectivity index (χ3n) is 3.94. The van der Waals surface area contributed by atoms with Crippen molar-refractivity contribution in [1.82, 2.24) is 5.32 Å². The van der Waals surface area contributed by atoms with Crippen LogP contribution in [0, 0.1) is 18.2 Å². The minimum atomic E-state index is -1.00. The van der Waals surface area contributed by atoms with Crippen LogP contribution in [-0.2, 0) is 9.53 Å². The molecule has 0 radical (unpaired) electrons. The third-order valence-corrected chi connectivity index (χ3v) is 3.94. The van der Waals surface area contributed by atoms with Crippen molar-refractivity contribution in [3.63, 3.8) is 0 Å². The predicted molar refractivity (Wildman–Crippen MR) is 73.6 cm³/mol. The van der Waals surface area contributed by atoms with Gasteiger partial charge in [0, 0.05) is 25.3 Å². The highest BCUT2D eigenvalue weighted by Gasteiger charge is 2.40. The molecule has 1 saturated heterocycles. The molecule has 6 heteroatoms. The molecule has 2 N–H and O–H groups in total. The van der Waals surface area contributed by atoms with E-state index in [1.165, 1.54) is 12.1 Å².